The minimum Gasteiger partial charge on any atom is -0.423 e. The SMILES string of the molecule is CC1(C)CC(=O)C2=C(C1)N(CO)C(=O)[C@]21c2ccccc2-c2oc(N)nc21. The zero-order valence-electron chi connectivity index (χ0n) is 15.1. The number of benzene rings is 1. The molecule has 1 atom stereocenters. The lowest BCUT2D eigenvalue weighted by atomic mass is 9.67. The van der Waals surface area contributed by atoms with Crippen molar-refractivity contribution in [2.45, 2.75) is 32.1 Å². The summed E-state index contributed by atoms with van der Waals surface area (Å²) in [6.45, 7) is 3.48. The van der Waals surface area contributed by atoms with E-state index in [0.29, 0.717) is 46.7 Å². The lowest BCUT2D eigenvalue weighted by Gasteiger charge is -2.33. The summed E-state index contributed by atoms with van der Waals surface area (Å²) in [6.07, 6.45) is 0.845. The van der Waals surface area contributed by atoms with Gasteiger partial charge >= 0.3 is 0 Å². The predicted octanol–water partition coefficient (Wildman–Crippen LogP) is 1.96. The van der Waals surface area contributed by atoms with Gasteiger partial charge in [0.05, 0.1) is 0 Å². The first-order valence-corrected chi connectivity index (χ1v) is 8.87. The number of Topliss-reactive ketones (excluding diaryl/α,β-unsaturated/α-hetero) is 1. The van der Waals surface area contributed by atoms with Crippen LogP contribution in [-0.2, 0) is 15.0 Å². The van der Waals surface area contributed by atoms with Crippen LogP contribution in [0, 0.1) is 5.41 Å². The van der Waals surface area contributed by atoms with Gasteiger partial charge in [0.2, 0.25) is 5.91 Å². The van der Waals surface area contributed by atoms with Gasteiger partial charge in [0.1, 0.15) is 12.4 Å². The molecule has 5 rings (SSSR count). The summed E-state index contributed by atoms with van der Waals surface area (Å²) in [6, 6.07) is 7.26. The lowest BCUT2D eigenvalue weighted by Crippen LogP contribution is -2.42. The molecule has 3 aliphatic rings. The number of amides is 1. The van der Waals surface area contributed by atoms with Gasteiger partial charge < -0.3 is 15.3 Å². The van der Waals surface area contributed by atoms with E-state index in [4.69, 9.17) is 10.2 Å². The van der Waals surface area contributed by atoms with Crippen molar-refractivity contribution < 1.29 is 19.1 Å². The highest BCUT2D eigenvalue weighted by Crippen LogP contribution is 2.60. The Morgan fingerprint density at radius 3 is 2.74 bits per heavy atom. The molecular formula is C20H19N3O4. The molecule has 7 heteroatoms. The number of aliphatic hydroxyl groups excluding tert-OH is 1. The summed E-state index contributed by atoms with van der Waals surface area (Å²) in [5, 5.41) is 9.97. The summed E-state index contributed by atoms with van der Waals surface area (Å²) >= 11 is 0. The second-order valence-corrected chi connectivity index (χ2v) is 8.16. The molecule has 2 aliphatic carbocycles. The van der Waals surface area contributed by atoms with Gasteiger partial charge in [-0.15, -0.1) is 0 Å². The van der Waals surface area contributed by atoms with Crippen LogP contribution in [0.5, 0.6) is 0 Å². The molecule has 27 heavy (non-hydrogen) atoms. The van der Waals surface area contributed by atoms with E-state index >= 15 is 0 Å². The van der Waals surface area contributed by atoms with Crippen molar-refractivity contribution in [2.75, 3.05) is 12.5 Å². The van der Waals surface area contributed by atoms with Crippen molar-refractivity contribution in [3.8, 4) is 11.3 Å². The van der Waals surface area contributed by atoms with E-state index in [-0.39, 0.29) is 23.1 Å². The minimum absolute atomic E-state index is 0.0464. The maximum atomic E-state index is 13.7. The number of fused-ring (bicyclic) bond motifs is 6. The Labute approximate surface area is 155 Å². The van der Waals surface area contributed by atoms with E-state index in [9.17, 15) is 14.7 Å². The van der Waals surface area contributed by atoms with Gasteiger partial charge in [-0.2, -0.15) is 4.98 Å². The van der Waals surface area contributed by atoms with Crippen LogP contribution in [0.3, 0.4) is 0 Å². The normalized spacial score (nSPS) is 25.2. The van der Waals surface area contributed by atoms with Crippen LogP contribution in [0.4, 0.5) is 6.01 Å². The van der Waals surface area contributed by atoms with E-state index in [1.165, 1.54) is 4.90 Å². The van der Waals surface area contributed by atoms with Crippen molar-refractivity contribution in [3.05, 3.63) is 46.8 Å². The Morgan fingerprint density at radius 1 is 1.26 bits per heavy atom. The number of rotatable bonds is 1. The number of hydrogen-bond acceptors (Lipinski definition) is 6. The number of anilines is 1. The van der Waals surface area contributed by atoms with Crippen LogP contribution >= 0.6 is 0 Å². The molecule has 7 nitrogen and oxygen atoms in total. The van der Waals surface area contributed by atoms with Gasteiger partial charge in [0, 0.05) is 23.3 Å². The summed E-state index contributed by atoms with van der Waals surface area (Å²) in [7, 11) is 0. The van der Waals surface area contributed by atoms with Crippen LogP contribution in [0.2, 0.25) is 0 Å². The van der Waals surface area contributed by atoms with E-state index in [1.807, 2.05) is 38.1 Å². The molecule has 1 amide bonds. The number of nitrogens with two attached hydrogens (primary N) is 1. The quantitative estimate of drug-likeness (QED) is 0.799. The highest BCUT2D eigenvalue weighted by molar-refractivity contribution is 6.16. The Hall–Kier alpha value is -2.93. The second-order valence-electron chi connectivity index (χ2n) is 8.16. The topological polar surface area (TPSA) is 110 Å². The van der Waals surface area contributed by atoms with Gasteiger partial charge in [0.15, 0.2) is 17.0 Å². The van der Waals surface area contributed by atoms with Crippen molar-refractivity contribution in [3.63, 3.8) is 0 Å². The molecule has 1 aromatic carbocycles. The second kappa shape index (κ2) is 4.86. The number of nitrogens with zero attached hydrogens (tertiary/aromatic N) is 2. The summed E-state index contributed by atoms with van der Waals surface area (Å²) in [5.41, 5.74) is 6.81. The Kier molecular flexibility index (Phi) is 2.93. The molecule has 1 aromatic heterocycles. The fourth-order valence-electron chi connectivity index (χ4n) is 4.90. The molecule has 0 fully saturated rings. The number of allylic oxidation sites excluding steroid dienone is 1. The molecule has 0 radical (unpaired) electrons. The Morgan fingerprint density at radius 2 is 2.00 bits per heavy atom. The van der Waals surface area contributed by atoms with Crippen LogP contribution < -0.4 is 5.73 Å². The van der Waals surface area contributed by atoms with Crippen LogP contribution in [0.15, 0.2) is 40.0 Å². The minimum atomic E-state index is -1.39. The average molecular weight is 365 g/mol. The van der Waals surface area contributed by atoms with Gasteiger partial charge in [0.25, 0.3) is 6.01 Å². The Bertz CT molecular complexity index is 1060. The van der Waals surface area contributed by atoms with Crippen molar-refractivity contribution in [1.82, 2.24) is 9.88 Å². The number of aliphatic hydroxyl groups is 1. The molecule has 0 unspecified atom stereocenters. The maximum absolute atomic E-state index is 13.7. The number of carbonyl (C=O) groups excluding carboxylic acids is 2. The molecule has 0 saturated heterocycles. The number of carbonyl (C=O) groups is 2. The molecule has 138 valence electrons. The molecule has 3 N–H and O–H groups in total. The zero-order valence-corrected chi connectivity index (χ0v) is 15.1. The van der Waals surface area contributed by atoms with Gasteiger partial charge in [-0.25, -0.2) is 0 Å². The van der Waals surface area contributed by atoms with Crippen molar-refractivity contribution in [2.24, 2.45) is 5.41 Å². The van der Waals surface area contributed by atoms with E-state index in [2.05, 4.69) is 4.98 Å². The van der Waals surface area contributed by atoms with Crippen molar-refractivity contribution >= 4 is 17.7 Å². The zero-order chi connectivity index (χ0) is 19.1. The third kappa shape index (κ3) is 1.77. The van der Waals surface area contributed by atoms with E-state index in [0.717, 1.165) is 0 Å². The third-order valence-electron chi connectivity index (χ3n) is 5.84. The maximum Gasteiger partial charge on any atom is 0.292 e. The van der Waals surface area contributed by atoms with Crippen LogP contribution in [0.1, 0.15) is 37.9 Å². The first-order chi connectivity index (χ1) is 12.8. The summed E-state index contributed by atoms with van der Waals surface area (Å²) in [4.78, 5) is 32.6. The molecular weight excluding hydrogens is 346 g/mol. The van der Waals surface area contributed by atoms with Crippen molar-refractivity contribution in [1.29, 1.82) is 0 Å². The molecule has 0 bridgehead atoms. The summed E-state index contributed by atoms with van der Waals surface area (Å²) < 4.78 is 5.61. The Balaban J connectivity index is 1.90. The van der Waals surface area contributed by atoms with Gasteiger partial charge in [-0.1, -0.05) is 38.1 Å². The molecule has 1 spiro atoms. The number of ketones is 1. The highest BCUT2D eigenvalue weighted by Gasteiger charge is 2.64. The van der Waals surface area contributed by atoms with Gasteiger partial charge in [-0.3, -0.25) is 14.5 Å². The molecule has 2 aromatic rings. The van der Waals surface area contributed by atoms with E-state index in [1.54, 1.807) is 0 Å². The average Bonchev–Trinajstić information content (AvgIpc) is 3.17. The molecule has 1 aliphatic heterocycles. The molecule has 2 heterocycles. The van der Waals surface area contributed by atoms with Gasteiger partial charge in [-0.05, 0) is 17.4 Å². The monoisotopic (exact) mass is 365 g/mol. The fraction of sp³-hybridized carbons (Fsp3) is 0.350. The third-order valence-corrected chi connectivity index (χ3v) is 5.84. The standard InChI is InChI=1S/C20H19N3O4/c1-19(2)7-12-14(13(25)8-19)20(17(26)23(12)9-24)11-6-4-3-5-10(11)15-16(20)22-18(21)27-15/h3-6,24H,7-9H2,1-2H3,(H2,21,22)/t20-/m1/s1. The van der Waals surface area contributed by atoms with E-state index < -0.39 is 12.1 Å². The molecule has 0 saturated carbocycles. The van der Waals surface area contributed by atoms with Crippen LogP contribution in [-0.4, -0.2) is 33.4 Å². The smallest absolute Gasteiger partial charge is 0.292 e. The number of nitrogen functional groups attached to an aromatic ring is 1. The highest BCUT2D eigenvalue weighted by atomic mass is 16.4. The first-order valence-electron chi connectivity index (χ1n) is 8.87. The fourth-order valence-corrected chi connectivity index (χ4v) is 4.90. The number of aromatic nitrogens is 1. The largest absolute Gasteiger partial charge is 0.423 e. The van der Waals surface area contributed by atoms with Crippen LogP contribution in [0.25, 0.3) is 11.3 Å². The first kappa shape index (κ1) is 16.3. The number of oxazole rings is 1. The lowest BCUT2D eigenvalue weighted by molar-refractivity contribution is -0.134. The number of hydrogen-bond donors (Lipinski definition) is 2. The predicted molar refractivity (Wildman–Crippen MR) is 96.1 cm³/mol. The summed E-state index contributed by atoms with van der Waals surface area (Å²) in [5.74, 6) is -0.0592.